The average molecular weight is 111 g/mol. The van der Waals surface area contributed by atoms with Crippen molar-refractivity contribution in [3.8, 4) is 0 Å². The van der Waals surface area contributed by atoms with Crippen molar-refractivity contribution in [2.24, 2.45) is 4.99 Å². The van der Waals surface area contributed by atoms with Crippen molar-refractivity contribution in [1.29, 1.82) is 0 Å². The fourth-order valence-corrected chi connectivity index (χ4v) is 0.211. The van der Waals surface area contributed by atoms with Gasteiger partial charge in [-0.15, -0.1) is 0 Å². The Bertz CT molecular complexity index is 135. The molecule has 0 aromatic rings. The third kappa shape index (κ3) is 2.18. The highest BCUT2D eigenvalue weighted by molar-refractivity contribution is 5.95. The highest BCUT2D eigenvalue weighted by atomic mass is 16.3. The third-order valence-electron chi connectivity index (χ3n) is 0.703. The lowest BCUT2D eigenvalue weighted by atomic mass is 10.4. The number of nitrogens with zero attached hydrogens (tertiary/aromatic N) is 1. The minimum Gasteiger partial charge on any atom is -0.507 e. The number of aliphatic imine (C=N–C) groups is 1. The van der Waals surface area contributed by atoms with Crippen LogP contribution in [0.4, 0.5) is 0 Å². The van der Waals surface area contributed by atoms with Crippen molar-refractivity contribution in [2.75, 3.05) is 0 Å². The summed E-state index contributed by atoms with van der Waals surface area (Å²) in [6.07, 6.45) is 1.36. The van der Waals surface area contributed by atoms with Crippen molar-refractivity contribution in [3.05, 3.63) is 25.1 Å². The molecule has 0 heterocycles. The van der Waals surface area contributed by atoms with E-state index in [9.17, 15) is 0 Å². The molecule has 0 aromatic heterocycles. The second kappa shape index (κ2) is 3.02. The average Bonchev–Trinajstić information content (AvgIpc) is 1.67. The van der Waals surface area contributed by atoms with Crippen LogP contribution in [0.1, 0.15) is 6.92 Å². The first-order valence-electron chi connectivity index (χ1n) is 2.22. The molecule has 0 aromatic carbocycles. The molecule has 44 valence electrons. The lowest BCUT2D eigenvalue weighted by molar-refractivity contribution is 0.445. The van der Waals surface area contributed by atoms with Crippen LogP contribution >= 0.6 is 0 Å². The Balaban J connectivity index is 3.99. The molecule has 2 nitrogen and oxygen atoms in total. The third-order valence-corrected chi connectivity index (χ3v) is 0.703. The predicted molar refractivity (Wildman–Crippen MR) is 35.1 cm³/mol. The Hall–Kier alpha value is -1.05. The molecule has 0 aliphatic heterocycles. The second-order valence-electron chi connectivity index (χ2n) is 1.34. The zero-order chi connectivity index (χ0) is 6.57. The van der Waals surface area contributed by atoms with Gasteiger partial charge in [-0.25, -0.2) is 0 Å². The first kappa shape index (κ1) is 6.95. The Morgan fingerprint density at radius 3 is 2.38 bits per heavy atom. The van der Waals surface area contributed by atoms with Crippen LogP contribution in [-0.2, 0) is 0 Å². The van der Waals surface area contributed by atoms with Crippen molar-refractivity contribution < 1.29 is 5.11 Å². The molecule has 0 radical (unpaired) electrons. The lowest BCUT2D eigenvalue weighted by Crippen LogP contribution is -1.91. The van der Waals surface area contributed by atoms with Gasteiger partial charge in [-0.2, -0.15) is 0 Å². The molecule has 0 saturated carbocycles. The molecule has 0 amide bonds. The van der Waals surface area contributed by atoms with Crippen LogP contribution < -0.4 is 0 Å². The number of hydrogen-bond donors (Lipinski definition) is 1. The Labute approximate surface area is 48.9 Å². The number of aliphatic hydroxyl groups excluding tert-OH is 1. The second-order valence-corrected chi connectivity index (χ2v) is 1.34. The lowest BCUT2D eigenvalue weighted by Gasteiger charge is -1.90. The van der Waals surface area contributed by atoms with Crippen molar-refractivity contribution in [3.63, 3.8) is 0 Å². The van der Waals surface area contributed by atoms with E-state index in [-0.39, 0.29) is 5.76 Å². The first-order chi connectivity index (χ1) is 3.68. The number of rotatable bonds is 2. The molecule has 0 aliphatic rings. The summed E-state index contributed by atoms with van der Waals surface area (Å²) in [4.78, 5) is 3.66. The minimum absolute atomic E-state index is 0.00935. The summed E-state index contributed by atoms with van der Waals surface area (Å²) in [5.74, 6) is -0.00935. The fourth-order valence-electron chi connectivity index (χ4n) is 0.211. The quantitative estimate of drug-likeness (QED) is 0.426. The topological polar surface area (TPSA) is 32.6 Å². The van der Waals surface area contributed by atoms with E-state index in [1.54, 1.807) is 6.92 Å². The van der Waals surface area contributed by atoms with Gasteiger partial charge < -0.3 is 5.11 Å². The first-order valence-corrected chi connectivity index (χ1v) is 2.22. The van der Waals surface area contributed by atoms with E-state index in [1.807, 2.05) is 0 Å². The van der Waals surface area contributed by atoms with Crippen LogP contribution in [-0.4, -0.2) is 10.8 Å². The van der Waals surface area contributed by atoms with Gasteiger partial charge in [-0.3, -0.25) is 4.99 Å². The van der Waals surface area contributed by atoms with E-state index in [4.69, 9.17) is 5.11 Å². The summed E-state index contributed by atoms with van der Waals surface area (Å²) < 4.78 is 0. The molecule has 0 fully saturated rings. The van der Waals surface area contributed by atoms with Gasteiger partial charge in [0.2, 0.25) is 0 Å². The molecule has 2 heteroatoms. The summed E-state index contributed by atoms with van der Waals surface area (Å²) in [6, 6.07) is 0. The molecule has 0 unspecified atom stereocenters. The van der Waals surface area contributed by atoms with Crippen molar-refractivity contribution in [2.45, 2.75) is 6.92 Å². The SMILES string of the molecule is C=CN=C(C)C(=C)O. The van der Waals surface area contributed by atoms with Gasteiger partial charge in [0.05, 0.1) is 5.71 Å². The summed E-state index contributed by atoms with van der Waals surface area (Å²) in [5.41, 5.74) is 0.500. The Morgan fingerprint density at radius 2 is 2.25 bits per heavy atom. The van der Waals surface area contributed by atoms with E-state index < -0.39 is 0 Å². The van der Waals surface area contributed by atoms with Crippen molar-refractivity contribution >= 4 is 5.71 Å². The molecule has 0 aliphatic carbocycles. The monoisotopic (exact) mass is 111 g/mol. The van der Waals surface area contributed by atoms with Gasteiger partial charge in [0.25, 0.3) is 0 Å². The van der Waals surface area contributed by atoms with E-state index in [0.717, 1.165) is 0 Å². The molecule has 0 bridgehead atoms. The predicted octanol–water partition coefficient (Wildman–Crippen LogP) is 1.66. The van der Waals surface area contributed by atoms with Gasteiger partial charge >= 0.3 is 0 Å². The van der Waals surface area contributed by atoms with E-state index in [0.29, 0.717) is 5.71 Å². The standard InChI is InChI=1S/C6H9NO/c1-4-7-5(2)6(3)8/h4,8H,1,3H2,2H3. The minimum atomic E-state index is -0.00935. The van der Waals surface area contributed by atoms with E-state index in [1.165, 1.54) is 6.20 Å². The van der Waals surface area contributed by atoms with Gasteiger partial charge in [0.15, 0.2) is 0 Å². The molecule has 0 rings (SSSR count). The summed E-state index contributed by atoms with van der Waals surface area (Å²) in [7, 11) is 0. The summed E-state index contributed by atoms with van der Waals surface area (Å²) in [5, 5.41) is 8.58. The van der Waals surface area contributed by atoms with Crippen LogP contribution in [0.15, 0.2) is 30.1 Å². The van der Waals surface area contributed by atoms with Crippen LogP contribution in [0, 0.1) is 0 Å². The Morgan fingerprint density at radius 1 is 1.75 bits per heavy atom. The van der Waals surface area contributed by atoms with Gasteiger partial charge in [0, 0.05) is 6.20 Å². The summed E-state index contributed by atoms with van der Waals surface area (Å²) >= 11 is 0. The van der Waals surface area contributed by atoms with E-state index in [2.05, 4.69) is 18.2 Å². The molecular formula is C6H9NO. The summed E-state index contributed by atoms with van der Waals surface area (Å²) in [6.45, 7) is 8.25. The maximum atomic E-state index is 8.58. The highest BCUT2D eigenvalue weighted by Crippen LogP contribution is 1.87. The highest BCUT2D eigenvalue weighted by Gasteiger charge is 1.88. The van der Waals surface area contributed by atoms with Crippen LogP contribution in [0.25, 0.3) is 0 Å². The van der Waals surface area contributed by atoms with Crippen LogP contribution in [0.3, 0.4) is 0 Å². The van der Waals surface area contributed by atoms with Gasteiger partial charge in [-0.05, 0) is 6.92 Å². The number of allylic oxidation sites excluding steroid dienone is 1. The zero-order valence-electron chi connectivity index (χ0n) is 4.89. The van der Waals surface area contributed by atoms with Crippen LogP contribution in [0.2, 0.25) is 0 Å². The molecule has 1 N–H and O–H groups in total. The van der Waals surface area contributed by atoms with Gasteiger partial charge in [-0.1, -0.05) is 13.2 Å². The van der Waals surface area contributed by atoms with Crippen molar-refractivity contribution in [1.82, 2.24) is 0 Å². The van der Waals surface area contributed by atoms with E-state index >= 15 is 0 Å². The number of aliphatic hydroxyl groups is 1. The van der Waals surface area contributed by atoms with Crippen LogP contribution in [0.5, 0.6) is 0 Å². The Kier molecular flexibility index (Phi) is 2.62. The normalized spacial score (nSPS) is 10.9. The maximum absolute atomic E-state index is 8.58. The smallest absolute Gasteiger partial charge is 0.129 e. The largest absolute Gasteiger partial charge is 0.507 e. The molecule has 0 atom stereocenters. The van der Waals surface area contributed by atoms with Gasteiger partial charge in [0.1, 0.15) is 5.76 Å². The molecule has 8 heavy (non-hydrogen) atoms. The maximum Gasteiger partial charge on any atom is 0.129 e. The molecular weight excluding hydrogens is 102 g/mol. The molecule has 0 spiro atoms. The zero-order valence-corrected chi connectivity index (χ0v) is 4.89. The number of hydrogen-bond acceptors (Lipinski definition) is 2. The fraction of sp³-hybridized carbons (Fsp3) is 0.167. The molecule has 0 saturated heterocycles.